The first kappa shape index (κ1) is 21.0. The highest BCUT2D eigenvalue weighted by Gasteiger charge is 2.28. The Bertz CT molecular complexity index is 1200. The van der Waals surface area contributed by atoms with Crippen LogP contribution >= 0.6 is 11.6 Å². The summed E-state index contributed by atoms with van der Waals surface area (Å²) in [4.78, 5) is 17.2. The van der Waals surface area contributed by atoms with Crippen molar-refractivity contribution in [1.82, 2.24) is 4.98 Å². The third kappa shape index (κ3) is 4.28. The first-order valence-electron chi connectivity index (χ1n) is 10.2. The molecule has 1 saturated carbocycles. The average Bonchev–Trinajstić information content (AvgIpc) is 3.62. The molecule has 0 spiro atoms. The maximum atomic E-state index is 12.6. The number of nitrogens with one attached hydrogen (secondary N) is 1. The Morgan fingerprint density at radius 1 is 1.32 bits per heavy atom. The van der Waals surface area contributed by atoms with Crippen LogP contribution in [0.2, 0.25) is 5.02 Å². The molecule has 0 unspecified atom stereocenters. The topological polar surface area (TPSA) is 84.2 Å². The van der Waals surface area contributed by atoms with Crippen LogP contribution in [0.15, 0.2) is 36.5 Å². The second-order valence-corrected chi connectivity index (χ2v) is 7.84. The van der Waals surface area contributed by atoms with E-state index in [9.17, 15) is 10.1 Å². The van der Waals surface area contributed by atoms with Crippen LogP contribution in [0.5, 0.6) is 5.75 Å². The van der Waals surface area contributed by atoms with E-state index in [4.69, 9.17) is 21.1 Å². The summed E-state index contributed by atoms with van der Waals surface area (Å²) in [5, 5.41) is 14.2. The van der Waals surface area contributed by atoms with Gasteiger partial charge in [0, 0.05) is 18.1 Å². The number of rotatable bonds is 7. The highest BCUT2D eigenvalue weighted by molar-refractivity contribution is 6.32. The van der Waals surface area contributed by atoms with Gasteiger partial charge in [-0.15, -0.1) is 0 Å². The lowest BCUT2D eigenvalue weighted by Gasteiger charge is -2.16. The number of carbonyl (C=O) groups excluding carboxylic acids is 1. The fourth-order valence-corrected chi connectivity index (χ4v) is 3.95. The number of fused-ring (bicyclic) bond motifs is 1. The van der Waals surface area contributed by atoms with Crippen LogP contribution < -0.4 is 10.1 Å². The van der Waals surface area contributed by atoms with Gasteiger partial charge in [0.15, 0.2) is 0 Å². The van der Waals surface area contributed by atoms with Gasteiger partial charge in [0.25, 0.3) is 0 Å². The quantitative estimate of drug-likeness (QED) is 0.498. The summed E-state index contributed by atoms with van der Waals surface area (Å²) in [6.45, 7) is 2.44. The molecule has 0 aliphatic heterocycles. The van der Waals surface area contributed by atoms with Gasteiger partial charge in [0.2, 0.25) is 0 Å². The molecule has 158 valence electrons. The minimum absolute atomic E-state index is 0.260. The molecule has 2 aromatic carbocycles. The van der Waals surface area contributed by atoms with Crippen LogP contribution in [0.25, 0.3) is 10.9 Å². The van der Waals surface area contributed by atoms with E-state index in [1.807, 2.05) is 18.2 Å². The van der Waals surface area contributed by atoms with E-state index >= 15 is 0 Å². The Balaban J connectivity index is 1.80. The Morgan fingerprint density at radius 2 is 2.13 bits per heavy atom. The second kappa shape index (κ2) is 8.83. The lowest BCUT2D eigenvalue weighted by Crippen LogP contribution is -2.12. The number of pyridine rings is 1. The first-order chi connectivity index (χ1) is 15.0. The van der Waals surface area contributed by atoms with Crippen LogP contribution in [0.1, 0.15) is 52.7 Å². The van der Waals surface area contributed by atoms with Crippen molar-refractivity contribution >= 4 is 34.2 Å². The molecular formula is C24H22ClN3O3. The Labute approximate surface area is 185 Å². The molecule has 3 aromatic rings. The predicted octanol–water partition coefficient (Wildman–Crippen LogP) is 5.43. The lowest BCUT2D eigenvalue weighted by atomic mass is 9.99. The van der Waals surface area contributed by atoms with Crippen molar-refractivity contribution in [3.63, 3.8) is 0 Å². The third-order valence-electron chi connectivity index (χ3n) is 5.33. The van der Waals surface area contributed by atoms with Crippen molar-refractivity contribution in [2.45, 2.75) is 32.2 Å². The van der Waals surface area contributed by atoms with E-state index in [2.05, 4.69) is 16.4 Å². The minimum atomic E-state index is -0.456. The first-order valence-corrected chi connectivity index (χ1v) is 10.5. The highest BCUT2D eigenvalue weighted by atomic mass is 35.5. The van der Waals surface area contributed by atoms with Crippen molar-refractivity contribution in [3.05, 3.63) is 63.8 Å². The summed E-state index contributed by atoms with van der Waals surface area (Å²) in [5.74, 6) is 0.548. The molecule has 31 heavy (non-hydrogen) atoms. The standard InChI is InChI=1S/C24H22ClN3O3/c1-3-31-24(29)19-13-28-22-17(16-5-6-16)8-15(11-26)9-18(22)23(19)27-12-14-4-7-21(30-2)20(25)10-14/h4,7-10,13,16H,3,5-6,12H2,1-2H3,(H,27,28). The zero-order chi connectivity index (χ0) is 22.0. The van der Waals surface area contributed by atoms with Gasteiger partial charge < -0.3 is 14.8 Å². The van der Waals surface area contributed by atoms with E-state index in [0.717, 1.165) is 34.9 Å². The molecule has 1 heterocycles. The van der Waals surface area contributed by atoms with Gasteiger partial charge in [0.1, 0.15) is 11.3 Å². The van der Waals surface area contributed by atoms with Gasteiger partial charge in [-0.05, 0) is 61.1 Å². The Morgan fingerprint density at radius 3 is 2.77 bits per heavy atom. The number of nitriles is 1. The summed E-state index contributed by atoms with van der Waals surface area (Å²) >= 11 is 6.26. The molecule has 7 heteroatoms. The van der Waals surface area contributed by atoms with Crippen molar-refractivity contribution in [2.75, 3.05) is 19.0 Å². The fraction of sp³-hybridized carbons (Fsp3) is 0.292. The summed E-state index contributed by atoms with van der Waals surface area (Å²) in [6, 6.07) is 11.4. The second-order valence-electron chi connectivity index (χ2n) is 7.44. The maximum absolute atomic E-state index is 12.6. The number of halogens is 1. The lowest BCUT2D eigenvalue weighted by molar-refractivity contribution is 0.0527. The maximum Gasteiger partial charge on any atom is 0.341 e. The number of aromatic nitrogens is 1. The van der Waals surface area contributed by atoms with Gasteiger partial charge in [0.05, 0.1) is 41.6 Å². The van der Waals surface area contributed by atoms with E-state index in [1.54, 1.807) is 32.4 Å². The molecule has 1 aromatic heterocycles. The smallest absolute Gasteiger partial charge is 0.341 e. The van der Waals surface area contributed by atoms with Crippen LogP contribution in [0.3, 0.4) is 0 Å². The number of hydrogen-bond donors (Lipinski definition) is 1. The van der Waals surface area contributed by atoms with Gasteiger partial charge in [-0.25, -0.2) is 4.79 Å². The molecule has 6 nitrogen and oxygen atoms in total. The molecule has 4 rings (SSSR count). The van der Waals surface area contributed by atoms with Crippen molar-refractivity contribution in [2.24, 2.45) is 0 Å². The Kier molecular flexibility index (Phi) is 5.97. The van der Waals surface area contributed by atoms with Crippen LogP contribution in [-0.4, -0.2) is 24.7 Å². The number of methoxy groups -OCH3 is 1. The molecule has 1 aliphatic carbocycles. The zero-order valence-corrected chi connectivity index (χ0v) is 18.1. The summed E-state index contributed by atoms with van der Waals surface area (Å²) < 4.78 is 10.5. The number of ether oxygens (including phenoxy) is 2. The number of hydrogen-bond acceptors (Lipinski definition) is 6. The summed E-state index contributed by atoms with van der Waals surface area (Å²) in [7, 11) is 1.57. The fourth-order valence-electron chi connectivity index (χ4n) is 3.66. The molecule has 1 N–H and O–H groups in total. The number of benzene rings is 2. The SMILES string of the molecule is CCOC(=O)c1cnc2c(C3CC3)cc(C#N)cc2c1NCc1ccc(OC)c(Cl)c1. The molecule has 0 atom stereocenters. The van der Waals surface area contributed by atoms with Crippen molar-refractivity contribution in [3.8, 4) is 11.8 Å². The molecule has 1 fully saturated rings. The average molecular weight is 436 g/mol. The largest absolute Gasteiger partial charge is 0.495 e. The van der Waals surface area contributed by atoms with E-state index in [0.29, 0.717) is 40.0 Å². The summed E-state index contributed by atoms with van der Waals surface area (Å²) in [6.07, 6.45) is 3.72. The van der Waals surface area contributed by atoms with Gasteiger partial charge in [-0.2, -0.15) is 5.26 Å². The van der Waals surface area contributed by atoms with E-state index in [-0.39, 0.29) is 6.61 Å². The third-order valence-corrected chi connectivity index (χ3v) is 5.62. The van der Waals surface area contributed by atoms with Gasteiger partial charge >= 0.3 is 5.97 Å². The van der Waals surface area contributed by atoms with Crippen LogP contribution in [-0.2, 0) is 11.3 Å². The molecule has 0 saturated heterocycles. The molecule has 0 radical (unpaired) electrons. The number of nitrogens with zero attached hydrogens (tertiary/aromatic N) is 2. The minimum Gasteiger partial charge on any atom is -0.495 e. The molecule has 1 aliphatic rings. The summed E-state index contributed by atoms with van der Waals surface area (Å²) in [5.41, 5.74) is 4.28. The highest BCUT2D eigenvalue weighted by Crippen LogP contribution is 2.44. The number of esters is 1. The number of carbonyl (C=O) groups is 1. The van der Waals surface area contributed by atoms with E-state index in [1.165, 1.54) is 0 Å². The Hall–Kier alpha value is -3.30. The normalized spacial score (nSPS) is 13.0. The van der Waals surface area contributed by atoms with Crippen molar-refractivity contribution in [1.29, 1.82) is 5.26 Å². The predicted molar refractivity (Wildman–Crippen MR) is 120 cm³/mol. The number of anilines is 1. The van der Waals surface area contributed by atoms with Gasteiger partial charge in [-0.3, -0.25) is 4.98 Å². The van der Waals surface area contributed by atoms with Crippen molar-refractivity contribution < 1.29 is 14.3 Å². The van der Waals surface area contributed by atoms with Crippen LogP contribution in [0.4, 0.5) is 5.69 Å². The zero-order valence-electron chi connectivity index (χ0n) is 17.4. The monoisotopic (exact) mass is 435 g/mol. The molecular weight excluding hydrogens is 414 g/mol. The van der Waals surface area contributed by atoms with Crippen LogP contribution in [0, 0.1) is 11.3 Å². The van der Waals surface area contributed by atoms with E-state index < -0.39 is 5.97 Å². The molecule has 0 amide bonds. The molecule has 0 bridgehead atoms. The van der Waals surface area contributed by atoms with Gasteiger partial charge in [-0.1, -0.05) is 17.7 Å².